The van der Waals surface area contributed by atoms with Crippen LogP contribution in [0.5, 0.6) is 0 Å². The van der Waals surface area contributed by atoms with Gasteiger partial charge in [-0.15, -0.1) is 0 Å². The minimum absolute atomic E-state index is 0.178. The molecule has 3 aromatic rings. The van der Waals surface area contributed by atoms with Crippen LogP contribution in [0.2, 0.25) is 10.0 Å². The Balaban J connectivity index is 0.000000197. The fraction of sp³-hybridized carbons (Fsp3) is 0.278. The van der Waals surface area contributed by atoms with Gasteiger partial charge in [-0.25, -0.2) is 17.6 Å². The third kappa shape index (κ3) is 4.38. The molecular formula is C18H20Cl2N2O3S. The smallest absolute Gasteiger partial charge is 0.253 e. The van der Waals surface area contributed by atoms with Crippen molar-refractivity contribution >= 4 is 44.4 Å². The van der Waals surface area contributed by atoms with E-state index in [1.165, 1.54) is 18.0 Å². The van der Waals surface area contributed by atoms with Gasteiger partial charge in [-0.2, -0.15) is 0 Å². The predicted molar refractivity (Wildman–Crippen MR) is 103 cm³/mol. The highest BCUT2D eigenvalue weighted by atomic mass is 35.5. The summed E-state index contributed by atoms with van der Waals surface area (Å²) in [4.78, 5) is -0.178. The number of fused-ring (bicyclic) bond motifs is 1. The summed E-state index contributed by atoms with van der Waals surface area (Å²) in [5.74, 6) is 1.20. The zero-order valence-corrected chi connectivity index (χ0v) is 17.3. The van der Waals surface area contributed by atoms with Gasteiger partial charge in [-0.3, -0.25) is 0 Å². The molecule has 8 heteroatoms. The molecule has 0 saturated heterocycles. The lowest BCUT2D eigenvalue weighted by Crippen LogP contribution is -2.30. The molecule has 0 N–H and O–H groups in total. The van der Waals surface area contributed by atoms with Crippen LogP contribution in [0.3, 0.4) is 0 Å². The topological polar surface area (TPSA) is 66.0 Å². The number of nitrogens with zero attached hydrogens (tertiary/aromatic N) is 2. The quantitative estimate of drug-likeness (QED) is 0.470. The van der Waals surface area contributed by atoms with Gasteiger partial charge in [0.2, 0.25) is 0 Å². The zero-order chi connectivity index (χ0) is 19.6. The number of imidazole rings is 1. The molecule has 5 nitrogen and oxygen atoms in total. The molecule has 0 amide bonds. The van der Waals surface area contributed by atoms with Crippen LogP contribution in [0.25, 0.3) is 11.0 Å². The van der Waals surface area contributed by atoms with Crippen LogP contribution in [0, 0.1) is 13.8 Å². The normalized spacial score (nSPS) is 11.3. The number of rotatable bonds is 2. The van der Waals surface area contributed by atoms with Crippen molar-refractivity contribution in [3.05, 3.63) is 57.8 Å². The van der Waals surface area contributed by atoms with E-state index in [4.69, 9.17) is 23.2 Å². The van der Waals surface area contributed by atoms with Crippen LogP contribution >= 0.6 is 23.2 Å². The first-order valence-electron chi connectivity index (χ1n) is 7.92. The van der Waals surface area contributed by atoms with Crippen LogP contribution < -0.4 is 4.57 Å². The number of halogens is 2. The highest BCUT2D eigenvalue weighted by molar-refractivity contribution is 7.85. The lowest BCUT2D eigenvalue weighted by Gasteiger charge is -2.05. The first kappa shape index (κ1) is 20.7. The van der Waals surface area contributed by atoms with Gasteiger partial charge in [0, 0.05) is 19.1 Å². The number of aromatic nitrogens is 2. The third-order valence-corrected chi connectivity index (χ3v) is 5.74. The highest BCUT2D eigenvalue weighted by Gasteiger charge is 2.19. The van der Waals surface area contributed by atoms with Crippen molar-refractivity contribution in [3.63, 3.8) is 0 Å². The fourth-order valence-electron chi connectivity index (χ4n) is 2.64. The summed E-state index contributed by atoms with van der Waals surface area (Å²) in [7, 11) is -2.23. The second kappa shape index (κ2) is 7.96. The molecule has 0 unspecified atom stereocenters. The Morgan fingerprint density at radius 2 is 1.62 bits per heavy atom. The predicted octanol–water partition coefficient (Wildman–Crippen LogP) is 4.00. The SMILES string of the molecule is CCn1c(C)[n+](C)c2cc(Cl)c(Cl)cc21.Cc1ccc(S(=O)(=O)[O-])cc1. The molecule has 0 aliphatic rings. The third-order valence-electron chi connectivity index (χ3n) is 4.17. The molecule has 0 aliphatic heterocycles. The van der Waals surface area contributed by atoms with Crippen molar-refractivity contribution < 1.29 is 17.5 Å². The Bertz CT molecular complexity index is 1040. The van der Waals surface area contributed by atoms with E-state index in [0.717, 1.165) is 23.1 Å². The van der Waals surface area contributed by atoms with Gasteiger partial charge in [0.15, 0.2) is 11.0 Å². The second-order valence-electron chi connectivity index (χ2n) is 5.87. The number of hydrogen-bond acceptors (Lipinski definition) is 3. The van der Waals surface area contributed by atoms with Crippen LogP contribution in [0.15, 0.2) is 41.3 Å². The largest absolute Gasteiger partial charge is 0.744 e. The molecule has 0 fully saturated rings. The van der Waals surface area contributed by atoms with Crippen LogP contribution in [-0.4, -0.2) is 17.5 Å². The lowest BCUT2D eigenvalue weighted by atomic mass is 10.2. The number of aryl methyl sites for hydroxylation is 3. The molecule has 0 spiro atoms. The molecule has 26 heavy (non-hydrogen) atoms. The van der Waals surface area contributed by atoms with Gasteiger partial charge in [0.05, 0.1) is 28.5 Å². The summed E-state index contributed by atoms with van der Waals surface area (Å²) in [6.07, 6.45) is 0. The zero-order valence-electron chi connectivity index (χ0n) is 15.0. The van der Waals surface area contributed by atoms with Gasteiger partial charge in [-0.1, -0.05) is 40.9 Å². The van der Waals surface area contributed by atoms with E-state index in [9.17, 15) is 13.0 Å². The van der Waals surface area contributed by atoms with Gasteiger partial charge >= 0.3 is 0 Å². The minimum atomic E-state index is -4.27. The molecular weight excluding hydrogens is 395 g/mol. The summed E-state index contributed by atoms with van der Waals surface area (Å²) in [5, 5.41) is 1.21. The molecule has 0 radical (unpaired) electrons. The maximum Gasteiger partial charge on any atom is 0.253 e. The molecule has 0 aliphatic carbocycles. The maximum atomic E-state index is 10.4. The van der Waals surface area contributed by atoms with Crippen molar-refractivity contribution in [1.29, 1.82) is 0 Å². The molecule has 0 bridgehead atoms. The van der Waals surface area contributed by atoms with Crippen molar-refractivity contribution in [2.24, 2.45) is 7.05 Å². The summed E-state index contributed by atoms with van der Waals surface area (Å²) < 4.78 is 35.5. The van der Waals surface area contributed by atoms with Gasteiger partial charge < -0.3 is 4.55 Å². The van der Waals surface area contributed by atoms with E-state index < -0.39 is 10.1 Å². The lowest BCUT2D eigenvalue weighted by molar-refractivity contribution is -0.652. The highest BCUT2D eigenvalue weighted by Crippen LogP contribution is 2.27. The monoisotopic (exact) mass is 414 g/mol. The van der Waals surface area contributed by atoms with Crippen molar-refractivity contribution in [2.45, 2.75) is 32.2 Å². The van der Waals surface area contributed by atoms with Crippen molar-refractivity contribution in [3.8, 4) is 0 Å². The maximum absolute atomic E-state index is 10.4. The van der Waals surface area contributed by atoms with E-state index in [2.05, 4.69) is 23.0 Å². The number of benzene rings is 2. The molecule has 2 aromatic carbocycles. The summed E-state index contributed by atoms with van der Waals surface area (Å²) in [6.45, 7) is 6.96. The Kier molecular flexibility index (Phi) is 6.34. The van der Waals surface area contributed by atoms with E-state index in [0.29, 0.717) is 10.0 Å². The first-order chi connectivity index (χ1) is 12.1. The Morgan fingerprint density at radius 1 is 1.08 bits per heavy atom. The van der Waals surface area contributed by atoms with Gasteiger partial charge in [0.25, 0.3) is 5.82 Å². The number of hydrogen-bond donors (Lipinski definition) is 0. The van der Waals surface area contributed by atoms with E-state index >= 15 is 0 Å². The Morgan fingerprint density at radius 3 is 2.12 bits per heavy atom. The average Bonchev–Trinajstić information content (AvgIpc) is 2.79. The van der Waals surface area contributed by atoms with Crippen LogP contribution in [0.1, 0.15) is 18.3 Å². The van der Waals surface area contributed by atoms with Crippen molar-refractivity contribution in [1.82, 2.24) is 4.57 Å². The summed E-state index contributed by atoms with van der Waals surface area (Å²) >= 11 is 12.0. The summed E-state index contributed by atoms with van der Waals surface area (Å²) in [5.41, 5.74) is 3.17. The Hall–Kier alpha value is -1.60. The average molecular weight is 415 g/mol. The standard InChI is InChI=1S/C11H13Cl2N2.C7H8O3S/c1-4-15-7(2)14(3)10-5-8(12)9(13)6-11(10)15;1-6-2-4-7(5-3-6)11(8,9)10/h5-6H,4H2,1-3H3;2-5H,1H3,(H,8,9,10)/q+1;/p-1. The van der Waals surface area contributed by atoms with Crippen LogP contribution in [0.4, 0.5) is 0 Å². The van der Waals surface area contributed by atoms with Gasteiger partial charge in [0.1, 0.15) is 10.1 Å². The van der Waals surface area contributed by atoms with Crippen molar-refractivity contribution in [2.75, 3.05) is 0 Å². The molecule has 1 aromatic heterocycles. The van der Waals surface area contributed by atoms with E-state index in [1.807, 2.05) is 26.1 Å². The summed E-state index contributed by atoms with van der Waals surface area (Å²) in [6, 6.07) is 9.62. The minimum Gasteiger partial charge on any atom is -0.744 e. The van der Waals surface area contributed by atoms with E-state index in [1.54, 1.807) is 12.1 Å². The molecule has 0 atom stereocenters. The second-order valence-corrected chi connectivity index (χ2v) is 8.07. The molecule has 1 heterocycles. The molecule has 3 rings (SSSR count). The fourth-order valence-corrected chi connectivity index (χ4v) is 3.43. The van der Waals surface area contributed by atoms with E-state index in [-0.39, 0.29) is 4.90 Å². The first-order valence-corrected chi connectivity index (χ1v) is 10.1. The Labute approximate surface area is 163 Å². The molecule has 0 saturated carbocycles. The van der Waals surface area contributed by atoms with Gasteiger partial charge in [-0.05, 0) is 26.0 Å². The molecule has 140 valence electrons. The van der Waals surface area contributed by atoms with Crippen LogP contribution in [-0.2, 0) is 23.7 Å².